The molecule has 2 rings (SSSR count). The maximum absolute atomic E-state index is 5.80. The van der Waals surface area contributed by atoms with E-state index in [1.807, 2.05) is 6.07 Å². The summed E-state index contributed by atoms with van der Waals surface area (Å²) in [6.45, 7) is 4.92. The zero-order valence-electron chi connectivity index (χ0n) is 11.9. The molecule has 5 nitrogen and oxygen atoms in total. The van der Waals surface area contributed by atoms with Crippen LogP contribution >= 0.6 is 0 Å². The number of ether oxygens (including phenoxy) is 1. The second kappa shape index (κ2) is 7.28. The second-order valence-corrected chi connectivity index (χ2v) is 5.11. The Labute approximate surface area is 115 Å². The molecule has 5 heteroatoms. The minimum atomic E-state index is 0.510. The van der Waals surface area contributed by atoms with Crippen molar-refractivity contribution in [2.24, 2.45) is 0 Å². The summed E-state index contributed by atoms with van der Waals surface area (Å²) in [4.78, 5) is 10.7. The van der Waals surface area contributed by atoms with Crippen LogP contribution in [0.25, 0.3) is 0 Å². The van der Waals surface area contributed by atoms with Crippen LogP contribution in [-0.4, -0.2) is 47.7 Å². The summed E-state index contributed by atoms with van der Waals surface area (Å²) in [7, 11) is 2.17. The van der Waals surface area contributed by atoms with Crippen molar-refractivity contribution in [3.8, 4) is 5.88 Å². The van der Waals surface area contributed by atoms with Gasteiger partial charge in [0.15, 0.2) is 0 Å². The van der Waals surface area contributed by atoms with Crippen molar-refractivity contribution in [1.82, 2.24) is 14.9 Å². The number of rotatable bonds is 6. The van der Waals surface area contributed by atoms with Gasteiger partial charge in [0.2, 0.25) is 5.88 Å². The lowest BCUT2D eigenvalue weighted by Crippen LogP contribution is -2.40. The van der Waals surface area contributed by atoms with E-state index in [2.05, 4.69) is 34.2 Å². The molecular formula is C14H24N4O. The van der Waals surface area contributed by atoms with Crippen molar-refractivity contribution in [2.75, 3.05) is 32.1 Å². The van der Waals surface area contributed by atoms with E-state index in [9.17, 15) is 0 Å². The Morgan fingerprint density at radius 3 is 3.11 bits per heavy atom. The molecule has 1 saturated heterocycles. The minimum Gasteiger partial charge on any atom is -0.476 e. The van der Waals surface area contributed by atoms with Crippen molar-refractivity contribution in [2.45, 2.75) is 38.6 Å². The standard InChI is InChI=1S/C14H24N4O/c1-3-7-15-13-9-14(17-11-16-13)19-10-12-6-4-5-8-18(12)2/h9,11-12H,3-8,10H2,1-2H3,(H,15,16,17). The van der Waals surface area contributed by atoms with Gasteiger partial charge in [-0.1, -0.05) is 13.3 Å². The van der Waals surface area contributed by atoms with E-state index in [-0.39, 0.29) is 0 Å². The largest absolute Gasteiger partial charge is 0.476 e. The SMILES string of the molecule is CCCNc1cc(OCC2CCCCN2C)ncn1. The third-order valence-corrected chi connectivity index (χ3v) is 3.54. The van der Waals surface area contributed by atoms with Crippen molar-refractivity contribution in [3.05, 3.63) is 12.4 Å². The van der Waals surface area contributed by atoms with Gasteiger partial charge in [-0.25, -0.2) is 9.97 Å². The number of likely N-dealkylation sites (N-methyl/N-ethyl adjacent to an activating group) is 1. The van der Waals surface area contributed by atoms with Gasteiger partial charge in [0, 0.05) is 18.7 Å². The summed E-state index contributed by atoms with van der Waals surface area (Å²) >= 11 is 0. The topological polar surface area (TPSA) is 50.3 Å². The van der Waals surface area contributed by atoms with Gasteiger partial charge in [0.05, 0.1) is 0 Å². The molecule has 0 spiro atoms. The molecule has 0 aliphatic carbocycles. The summed E-state index contributed by atoms with van der Waals surface area (Å²) in [5.74, 6) is 1.50. The number of anilines is 1. The number of hydrogen-bond donors (Lipinski definition) is 1. The molecule has 1 aliphatic heterocycles. The first-order valence-electron chi connectivity index (χ1n) is 7.18. The first-order chi connectivity index (χ1) is 9.29. The van der Waals surface area contributed by atoms with Crippen LogP contribution < -0.4 is 10.1 Å². The monoisotopic (exact) mass is 264 g/mol. The van der Waals surface area contributed by atoms with Crippen LogP contribution in [0, 0.1) is 0 Å². The molecule has 0 amide bonds. The average Bonchev–Trinajstić information content (AvgIpc) is 2.45. The quantitative estimate of drug-likeness (QED) is 0.853. The number of piperidine rings is 1. The lowest BCUT2D eigenvalue weighted by atomic mass is 10.0. The number of nitrogens with zero attached hydrogens (tertiary/aromatic N) is 3. The normalized spacial score (nSPS) is 20.2. The highest BCUT2D eigenvalue weighted by atomic mass is 16.5. The summed E-state index contributed by atoms with van der Waals surface area (Å²) < 4.78 is 5.80. The molecular weight excluding hydrogens is 240 g/mol. The molecule has 0 aromatic carbocycles. The summed E-state index contributed by atoms with van der Waals surface area (Å²) in [6, 6.07) is 2.38. The molecule has 1 aromatic heterocycles. The number of aromatic nitrogens is 2. The van der Waals surface area contributed by atoms with Crippen LogP contribution in [0.2, 0.25) is 0 Å². The zero-order valence-corrected chi connectivity index (χ0v) is 11.9. The summed E-state index contributed by atoms with van der Waals surface area (Å²) in [6.07, 6.45) is 6.44. The highest BCUT2D eigenvalue weighted by Gasteiger charge is 2.19. The van der Waals surface area contributed by atoms with Gasteiger partial charge >= 0.3 is 0 Å². The third-order valence-electron chi connectivity index (χ3n) is 3.54. The Morgan fingerprint density at radius 1 is 1.42 bits per heavy atom. The van der Waals surface area contributed by atoms with E-state index in [0.717, 1.165) is 18.8 Å². The Bertz CT molecular complexity index is 385. The fourth-order valence-electron chi connectivity index (χ4n) is 2.30. The molecule has 1 aliphatic rings. The van der Waals surface area contributed by atoms with E-state index < -0.39 is 0 Å². The molecule has 1 N–H and O–H groups in total. The van der Waals surface area contributed by atoms with E-state index in [1.54, 1.807) is 6.33 Å². The van der Waals surface area contributed by atoms with Crippen LogP contribution in [0.4, 0.5) is 5.82 Å². The van der Waals surface area contributed by atoms with Crippen LogP contribution in [0.1, 0.15) is 32.6 Å². The highest BCUT2D eigenvalue weighted by Crippen LogP contribution is 2.17. The average molecular weight is 264 g/mol. The van der Waals surface area contributed by atoms with E-state index in [4.69, 9.17) is 4.74 Å². The minimum absolute atomic E-state index is 0.510. The van der Waals surface area contributed by atoms with Crippen LogP contribution in [0.5, 0.6) is 5.88 Å². The van der Waals surface area contributed by atoms with E-state index in [1.165, 1.54) is 25.8 Å². The highest BCUT2D eigenvalue weighted by molar-refractivity contribution is 5.36. The maximum atomic E-state index is 5.80. The Kier molecular flexibility index (Phi) is 5.39. The summed E-state index contributed by atoms with van der Waals surface area (Å²) in [5.41, 5.74) is 0. The number of hydrogen-bond acceptors (Lipinski definition) is 5. The van der Waals surface area contributed by atoms with Crippen molar-refractivity contribution < 1.29 is 4.74 Å². The molecule has 0 bridgehead atoms. The molecule has 2 heterocycles. The van der Waals surface area contributed by atoms with Gasteiger partial charge in [-0.05, 0) is 32.9 Å². The van der Waals surface area contributed by atoms with Gasteiger partial charge in [-0.15, -0.1) is 0 Å². The Morgan fingerprint density at radius 2 is 2.32 bits per heavy atom. The molecule has 106 valence electrons. The van der Waals surface area contributed by atoms with Crippen molar-refractivity contribution in [3.63, 3.8) is 0 Å². The lowest BCUT2D eigenvalue weighted by Gasteiger charge is -2.31. The fourth-order valence-corrected chi connectivity index (χ4v) is 2.30. The molecule has 0 radical (unpaired) electrons. The molecule has 1 unspecified atom stereocenters. The molecule has 1 atom stereocenters. The van der Waals surface area contributed by atoms with Crippen LogP contribution in [0.3, 0.4) is 0 Å². The van der Waals surface area contributed by atoms with Gasteiger partial charge in [0.1, 0.15) is 18.8 Å². The molecule has 19 heavy (non-hydrogen) atoms. The van der Waals surface area contributed by atoms with Crippen LogP contribution in [0.15, 0.2) is 12.4 Å². The lowest BCUT2D eigenvalue weighted by molar-refractivity contribution is 0.122. The Hall–Kier alpha value is -1.36. The summed E-state index contributed by atoms with van der Waals surface area (Å²) in [5, 5.41) is 3.24. The molecule has 0 saturated carbocycles. The van der Waals surface area contributed by atoms with Gasteiger partial charge in [0.25, 0.3) is 0 Å². The van der Waals surface area contributed by atoms with E-state index in [0.29, 0.717) is 18.5 Å². The van der Waals surface area contributed by atoms with E-state index >= 15 is 0 Å². The number of likely N-dealkylation sites (tertiary alicyclic amines) is 1. The van der Waals surface area contributed by atoms with Gasteiger partial charge in [-0.2, -0.15) is 0 Å². The smallest absolute Gasteiger partial charge is 0.218 e. The fraction of sp³-hybridized carbons (Fsp3) is 0.714. The van der Waals surface area contributed by atoms with Crippen molar-refractivity contribution >= 4 is 5.82 Å². The predicted octanol–water partition coefficient (Wildman–Crippen LogP) is 2.16. The van der Waals surface area contributed by atoms with Crippen LogP contribution in [-0.2, 0) is 0 Å². The maximum Gasteiger partial charge on any atom is 0.218 e. The Balaban J connectivity index is 1.84. The first-order valence-corrected chi connectivity index (χ1v) is 7.18. The molecule has 1 fully saturated rings. The third kappa shape index (κ3) is 4.35. The van der Waals surface area contributed by atoms with Crippen molar-refractivity contribution in [1.29, 1.82) is 0 Å². The zero-order chi connectivity index (χ0) is 13.5. The molecule has 1 aromatic rings. The number of nitrogens with one attached hydrogen (secondary N) is 1. The predicted molar refractivity (Wildman–Crippen MR) is 76.6 cm³/mol. The van der Waals surface area contributed by atoms with Gasteiger partial charge < -0.3 is 15.0 Å². The first kappa shape index (κ1) is 14.1. The van der Waals surface area contributed by atoms with Gasteiger partial charge in [-0.3, -0.25) is 0 Å². The second-order valence-electron chi connectivity index (χ2n) is 5.11.